The van der Waals surface area contributed by atoms with Gasteiger partial charge in [0.25, 0.3) is 0 Å². The van der Waals surface area contributed by atoms with E-state index in [0.29, 0.717) is 0 Å². The maximum Gasteiger partial charge on any atom is 0.119 e. The summed E-state index contributed by atoms with van der Waals surface area (Å²) in [4.78, 5) is 0. The lowest BCUT2D eigenvalue weighted by atomic mass is 10.0. The Kier molecular flexibility index (Phi) is 4.19. The predicted molar refractivity (Wildman–Crippen MR) is 74.7 cm³/mol. The Balaban J connectivity index is 2.21. The van der Waals surface area contributed by atoms with Gasteiger partial charge in [0.1, 0.15) is 5.75 Å². The largest absolute Gasteiger partial charge is 0.497 e. The van der Waals surface area contributed by atoms with Gasteiger partial charge in [0.05, 0.1) is 24.5 Å². The van der Waals surface area contributed by atoms with Crippen molar-refractivity contribution in [3.8, 4) is 5.75 Å². The van der Waals surface area contributed by atoms with Gasteiger partial charge in [-0.15, -0.1) is 0 Å². The van der Waals surface area contributed by atoms with E-state index in [0.717, 1.165) is 23.6 Å². The molecule has 102 valence electrons. The number of hydrogen-bond donors (Lipinski definition) is 2. The molecule has 0 saturated heterocycles. The Hall–Kier alpha value is -1.85. The van der Waals surface area contributed by atoms with Gasteiger partial charge in [0.2, 0.25) is 0 Å². The lowest BCUT2D eigenvalue weighted by molar-refractivity contribution is 0.413. The van der Waals surface area contributed by atoms with Gasteiger partial charge in [-0.3, -0.25) is 16.0 Å². The van der Waals surface area contributed by atoms with Gasteiger partial charge in [-0.05, 0) is 37.1 Å². The van der Waals surface area contributed by atoms with E-state index in [9.17, 15) is 0 Å². The van der Waals surface area contributed by atoms with Gasteiger partial charge in [-0.1, -0.05) is 12.1 Å². The van der Waals surface area contributed by atoms with Gasteiger partial charge < -0.3 is 4.74 Å². The van der Waals surface area contributed by atoms with Crippen LogP contribution in [0.25, 0.3) is 0 Å². The highest BCUT2D eigenvalue weighted by atomic mass is 16.5. The molecule has 0 saturated carbocycles. The average Bonchev–Trinajstić information content (AvgIpc) is 2.75. The molecule has 2 rings (SSSR count). The summed E-state index contributed by atoms with van der Waals surface area (Å²) < 4.78 is 7.10. The number of hydrazine groups is 1. The highest BCUT2D eigenvalue weighted by molar-refractivity contribution is 5.30. The number of hydrogen-bond acceptors (Lipinski definition) is 4. The van der Waals surface area contributed by atoms with Crippen LogP contribution in [0.15, 0.2) is 30.3 Å². The lowest BCUT2D eigenvalue weighted by Gasteiger charge is -2.16. The smallest absolute Gasteiger partial charge is 0.119 e. The van der Waals surface area contributed by atoms with Crippen LogP contribution in [0, 0.1) is 6.92 Å². The molecule has 5 nitrogen and oxygen atoms in total. The standard InChI is InChI=1S/C14H20N4O/c1-10-7-14(18(2)17-10)13(16-15)9-11-5-4-6-12(8-11)19-3/h4-8,13,16H,9,15H2,1-3H3. The molecule has 0 aliphatic carbocycles. The molecule has 0 radical (unpaired) electrons. The molecule has 19 heavy (non-hydrogen) atoms. The predicted octanol–water partition coefficient (Wildman–Crippen LogP) is 1.48. The number of rotatable bonds is 5. The summed E-state index contributed by atoms with van der Waals surface area (Å²) >= 11 is 0. The van der Waals surface area contributed by atoms with Crippen LogP contribution in [-0.2, 0) is 13.5 Å². The van der Waals surface area contributed by atoms with Crippen LogP contribution in [0.1, 0.15) is 23.0 Å². The number of nitrogens with zero attached hydrogens (tertiary/aromatic N) is 2. The summed E-state index contributed by atoms with van der Waals surface area (Å²) in [5, 5.41) is 4.35. The van der Waals surface area contributed by atoms with Gasteiger partial charge in [-0.25, -0.2) is 0 Å². The molecule has 1 aromatic heterocycles. The highest BCUT2D eigenvalue weighted by Crippen LogP contribution is 2.21. The van der Waals surface area contributed by atoms with E-state index in [1.807, 2.05) is 42.9 Å². The minimum atomic E-state index is 0.0262. The third kappa shape index (κ3) is 3.13. The van der Waals surface area contributed by atoms with Crippen LogP contribution >= 0.6 is 0 Å². The zero-order valence-corrected chi connectivity index (χ0v) is 11.6. The van der Waals surface area contributed by atoms with Crippen LogP contribution in [0.5, 0.6) is 5.75 Å². The minimum Gasteiger partial charge on any atom is -0.497 e. The third-order valence-electron chi connectivity index (χ3n) is 3.17. The second kappa shape index (κ2) is 5.86. The Morgan fingerprint density at radius 2 is 2.21 bits per heavy atom. The van der Waals surface area contributed by atoms with Crippen molar-refractivity contribution in [1.82, 2.24) is 15.2 Å². The first-order valence-electron chi connectivity index (χ1n) is 6.23. The summed E-state index contributed by atoms with van der Waals surface area (Å²) in [5.74, 6) is 6.53. The molecule has 3 N–H and O–H groups in total. The van der Waals surface area contributed by atoms with Crippen LogP contribution < -0.4 is 16.0 Å². The Labute approximate surface area is 113 Å². The number of aromatic nitrogens is 2. The molecule has 1 aromatic carbocycles. The van der Waals surface area contributed by atoms with Crippen LogP contribution in [-0.4, -0.2) is 16.9 Å². The Morgan fingerprint density at radius 3 is 2.79 bits per heavy atom. The normalized spacial score (nSPS) is 12.4. The fraction of sp³-hybridized carbons (Fsp3) is 0.357. The van der Waals surface area contributed by atoms with Gasteiger partial charge in [0.15, 0.2) is 0 Å². The lowest BCUT2D eigenvalue weighted by Crippen LogP contribution is -2.31. The zero-order chi connectivity index (χ0) is 13.8. The molecule has 1 heterocycles. The fourth-order valence-electron chi connectivity index (χ4n) is 2.24. The van der Waals surface area contributed by atoms with Crippen molar-refractivity contribution in [2.24, 2.45) is 12.9 Å². The Morgan fingerprint density at radius 1 is 1.42 bits per heavy atom. The van der Waals surface area contributed by atoms with E-state index in [-0.39, 0.29) is 6.04 Å². The van der Waals surface area contributed by atoms with Crippen molar-refractivity contribution in [2.45, 2.75) is 19.4 Å². The molecule has 0 aliphatic rings. The minimum absolute atomic E-state index is 0.0262. The van der Waals surface area contributed by atoms with Crippen LogP contribution in [0.3, 0.4) is 0 Å². The number of nitrogens with one attached hydrogen (secondary N) is 1. The van der Waals surface area contributed by atoms with E-state index in [2.05, 4.69) is 16.6 Å². The van der Waals surface area contributed by atoms with E-state index in [4.69, 9.17) is 10.6 Å². The number of nitrogens with two attached hydrogens (primary N) is 1. The zero-order valence-electron chi connectivity index (χ0n) is 11.6. The van der Waals surface area contributed by atoms with Crippen LogP contribution in [0.4, 0.5) is 0 Å². The van der Waals surface area contributed by atoms with Crippen molar-refractivity contribution in [1.29, 1.82) is 0 Å². The molecule has 5 heteroatoms. The van der Waals surface area contributed by atoms with Gasteiger partial charge in [0, 0.05) is 7.05 Å². The number of methoxy groups -OCH3 is 1. The van der Waals surface area contributed by atoms with Gasteiger partial charge >= 0.3 is 0 Å². The van der Waals surface area contributed by atoms with Crippen LogP contribution in [0.2, 0.25) is 0 Å². The van der Waals surface area contributed by atoms with E-state index in [1.54, 1.807) is 7.11 Å². The molecule has 0 bridgehead atoms. The molecule has 0 spiro atoms. The first kappa shape index (κ1) is 13.6. The molecule has 1 unspecified atom stereocenters. The molecule has 1 atom stereocenters. The first-order chi connectivity index (χ1) is 9.13. The molecule has 0 aliphatic heterocycles. The number of aryl methyl sites for hydroxylation is 2. The summed E-state index contributed by atoms with van der Waals surface area (Å²) in [6, 6.07) is 10.1. The maximum absolute atomic E-state index is 5.68. The quantitative estimate of drug-likeness (QED) is 0.631. The third-order valence-corrected chi connectivity index (χ3v) is 3.17. The molecule has 2 aromatic rings. The van der Waals surface area contributed by atoms with Gasteiger partial charge in [-0.2, -0.15) is 5.10 Å². The summed E-state index contributed by atoms with van der Waals surface area (Å²) in [7, 11) is 3.60. The second-order valence-electron chi connectivity index (χ2n) is 4.61. The Bertz CT molecular complexity index is 550. The first-order valence-corrected chi connectivity index (χ1v) is 6.23. The molecule has 0 fully saturated rings. The summed E-state index contributed by atoms with van der Waals surface area (Å²) in [6.07, 6.45) is 0.784. The second-order valence-corrected chi connectivity index (χ2v) is 4.61. The van der Waals surface area contributed by atoms with Crippen molar-refractivity contribution in [3.05, 3.63) is 47.3 Å². The molecule has 0 amide bonds. The fourth-order valence-corrected chi connectivity index (χ4v) is 2.24. The van der Waals surface area contributed by atoms with Crippen molar-refractivity contribution in [2.75, 3.05) is 7.11 Å². The van der Waals surface area contributed by atoms with Crippen molar-refractivity contribution in [3.63, 3.8) is 0 Å². The number of benzene rings is 1. The maximum atomic E-state index is 5.68. The SMILES string of the molecule is COc1cccc(CC(NN)c2cc(C)nn2C)c1. The van der Waals surface area contributed by atoms with E-state index in [1.165, 1.54) is 5.56 Å². The van der Waals surface area contributed by atoms with Crippen molar-refractivity contribution >= 4 is 0 Å². The topological polar surface area (TPSA) is 65.1 Å². The average molecular weight is 260 g/mol. The summed E-state index contributed by atoms with van der Waals surface area (Å²) in [6.45, 7) is 1.97. The van der Waals surface area contributed by atoms with E-state index < -0.39 is 0 Å². The molecular weight excluding hydrogens is 240 g/mol. The summed E-state index contributed by atoms with van der Waals surface area (Å²) in [5.41, 5.74) is 6.09. The molecular formula is C14H20N4O. The van der Waals surface area contributed by atoms with Crippen molar-refractivity contribution < 1.29 is 4.74 Å². The number of ether oxygens (including phenoxy) is 1. The monoisotopic (exact) mass is 260 g/mol. The van der Waals surface area contributed by atoms with E-state index >= 15 is 0 Å². The highest BCUT2D eigenvalue weighted by Gasteiger charge is 2.15.